The summed E-state index contributed by atoms with van der Waals surface area (Å²) < 4.78 is 4.02. The van der Waals surface area contributed by atoms with E-state index < -0.39 is 0 Å². The van der Waals surface area contributed by atoms with Gasteiger partial charge in [-0.15, -0.1) is 0 Å². The summed E-state index contributed by atoms with van der Waals surface area (Å²) >= 11 is 1.32. The SMILES string of the molecule is CN1CCN(c2snc(N)c2C#N)CC1. The highest BCUT2D eigenvalue weighted by atomic mass is 32.1. The van der Waals surface area contributed by atoms with Crippen molar-refractivity contribution >= 4 is 22.4 Å². The molecule has 0 spiro atoms. The van der Waals surface area contributed by atoms with E-state index in [1.165, 1.54) is 11.5 Å². The number of nitrogen functional groups attached to an aromatic ring is 1. The van der Waals surface area contributed by atoms with E-state index in [0.29, 0.717) is 11.4 Å². The van der Waals surface area contributed by atoms with Crippen LogP contribution >= 0.6 is 11.5 Å². The fourth-order valence-electron chi connectivity index (χ4n) is 1.62. The Morgan fingerprint density at radius 1 is 1.40 bits per heavy atom. The molecule has 1 aromatic rings. The average Bonchev–Trinajstić information content (AvgIpc) is 2.61. The van der Waals surface area contributed by atoms with Gasteiger partial charge in [0, 0.05) is 26.2 Å². The normalized spacial score (nSPS) is 17.7. The van der Waals surface area contributed by atoms with Gasteiger partial charge in [-0.3, -0.25) is 0 Å². The quantitative estimate of drug-likeness (QED) is 0.744. The molecule has 0 bridgehead atoms. The second-order valence-electron chi connectivity index (χ2n) is 3.65. The Morgan fingerprint density at radius 2 is 2.07 bits per heavy atom. The monoisotopic (exact) mass is 223 g/mol. The molecule has 0 aromatic carbocycles. The molecular weight excluding hydrogens is 210 g/mol. The van der Waals surface area contributed by atoms with Gasteiger partial charge in [0.15, 0.2) is 5.82 Å². The number of nitrogens with zero attached hydrogens (tertiary/aromatic N) is 4. The summed E-state index contributed by atoms with van der Waals surface area (Å²) in [6.07, 6.45) is 0. The second-order valence-corrected chi connectivity index (χ2v) is 4.40. The first-order chi connectivity index (χ1) is 7.22. The molecule has 0 atom stereocenters. The predicted octanol–water partition coefficient (Wildman–Crippen LogP) is 0.349. The molecule has 0 amide bonds. The molecule has 0 aliphatic carbocycles. The van der Waals surface area contributed by atoms with E-state index in [-0.39, 0.29) is 0 Å². The van der Waals surface area contributed by atoms with Crippen molar-refractivity contribution in [1.82, 2.24) is 9.27 Å². The number of hydrogen-bond donors (Lipinski definition) is 1. The molecule has 2 rings (SSSR count). The number of likely N-dealkylation sites (N-methyl/N-ethyl adjacent to an activating group) is 1. The van der Waals surface area contributed by atoms with E-state index in [4.69, 9.17) is 11.0 Å². The Bertz CT molecular complexity index is 386. The number of anilines is 2. The molecular formula is C9H13N5S. The Labute approximate surface area is 92.9 Å². The molecule has 1 saturated heterocycles. The van der Waals surface area contributed by atoms with Crippen LogP contribution < -0.4 is 10.6 Å². The van der Waals surface area contributed by atoms with E-state index in [1.54, 1.807) is 0 Å². The smallest absolute Gasteiger partial charge is 0.157 e. The minimum atomic E-state index is 0.358. The molecule has 2 heterocycles. The topological polar surface area (TPSA) is 69.2 Å². The molecule has 1 aliphatic rings. The molecule has 1 fully saturated rings. The van der Waals surface area contributed by atoms with Gasteiger partial charge in [-0.2, -0.15) is 9.64 Å². The number of piperazine rings is 1. The molecule has 6 heteroatoms. The summed E-state index contributed by atoms with van der Waals surface area (Å²) in [5, 5.41) is 9.89. The molecule has 2 N–H and O–H groups in total. The highest BCUT2D eigenvalue weighted by Crippen LogP contribution is 2.30. The van der Waals surface area contributed by atoms with Gasteiger partial charge in [-0.1, -0.05) is 0 Å². The van der Waals surface area contributed by atoms with E-state index in [2.05, 4.69) is 27.3 Å². The molecule has 80 valence electrons. The lowest BCUT2D eigenvalue weighted by atomic mass is 10.3. The minimum absolute atomic E-state index is 0.358. The fraction of sp³-hybridized carbons (Fsp3) is 0.556. The molecule has 0 unspecified atom stereocenters. The van der Waals surface area contributed by atoms with Gasteiger partial charge in [0.25, 0.3) is 0 Å². The van der Waals surface area contributed by atoms with Crippen LogP contribution in [0.3, 0.4) is 0 Å². The van der Waals surface area contributed by atoms with Gasteiger partial charge in [0.1, 0.15) is 16.6 Å². The zero-order chi connectivity index (χ0) is 10.8. The van der Waals surface area contributed by atoms with E-state index in [1.807, 2.05) is 0 Å². The molecule has 0 radical (unpaired) electrons. The van der Waals surface area contributed by atoms with Gasteiger partial charge < -0.3 is 15.5 Å². The predicted molar refractivity (Wildman–Crippen MR) is 61.0 cm³/mol. The molecule has 1 aliphatic heterocycles. The van der Waals surface area contributed by atoms with Gasteiger partial charge in [0.05, 0.1) is 0 Å². The van der Waals surface area contributed by atoms with Crippen molar-refractivity contribution in [2.24, 2.45) is 0 Å². The number of nitriles is 1. The van der Waals surface area contributed by atoms with Crippen molar-refractivity contribution in [2.75, 3.05) is 43.9 Å². The van der Waals surface area contributed by atoms with Crippen molar-refractivity contribution in [3.8, 4) is 6.07 Å². The first-order valence-corrected chi connectivity index (χ1v) is 5.58. The summed E-state index contributed by atoms with van der Waals surface area (Å²) in [6, 6.07) is 2.12. The Kier molecular flexibility index (Phi) is 2.75. The number of aromatic nitrogens is 1. The second kappa shape index (κ2) is 4.04. The first-order valence-electron chi connectivity index (χ1n) is 4.81. The van der Waals surface area contributed by atoms with Crippen LogP contribution in [0.5, 0.6) is 0 Å². The lowest BCUT2D eigenvalue weighted by Gasteiger charge is -2.32. The molecule has 5 nitrogen and oxygen atoms in total. The standard InChI is InChI=1S/C9H13N5S/c1-13-2-4-14(5-3-13)9-7(6-10)8(11)12-15-9/h2-5H2,1H3,(H2,11,12). The first kappa shape index (κ1) is 10.2. The third-order valence-electron chi connectivity index (χ3n) is 2.60. The summed E-state index contributed by atoms with van der Waals surface area (Å²) in [5.74, 6) is 0.358. The van der Waals surface area contributed by atoms with Gasteiger partial charge >= 0.3 is 0 Å². The van der Waals surface area contributed by atoms with Crippen LogP contribution in [-0.4, -0.2) is 42.5 Å². The molecule has 15 heavy (non-hydrogen) atoms. The van der Waals surface area contributed by atoms with Gasteiger partial charge in [0.2, 0.25) is 0 Å². The van der Waals surface area contributed by atoms with Crippen molar-refractivity contribution in [3.63, 3.8) is 0 Å². The minimum Gasteiger partial charge on any atom is -0.382 e. The molecule has 1 aromatic heterocycles. The summed E-state index contributed by atoms with van der Waals surface area (Å²) in [7, 11) is 2.10. The Balaban J connectivity index is 2.20. The van der Waals surface area contributed by atoms with E-state index in [9.17, 15) is 0 Å². The van der Waals surface area contributed by atoms with Gasteiger partial charge in [-0.25, -0.2) is 0 Å². The van der Waals surface area contributed by atoms with E-state index in [0.717, 1.165) is 31.2 Å². The van der Waals surface area contributed by atoms with E-state index >= 15 is 0 Å². The summed E-state index contributed by atoms with van der Waals surface area (Å²) in [6.45, 7) is 3.91. The maximum absolute atomic E-state index is 8.97. The summed E-state index contributed by atoms with van der Waals surface area (Å²) in [4.78, 5) is 4.46. The van der Waals surface area contributed by atoms with Gasteiger partial charge in [-0.05, 0) is 18.6 Å². The average molecular weight is 223 g/mol. The van der Waals surface area contributed by atoms with Crippen LogP contribution in [0.1, 0.15) is 5.56 Å². The third-order valence-corrected chi connectivity index (χ3v) is 3.53. The number of hydrogen-bond acceptors (Lipinski definition) is 6. The number of nitrogens with two attached hydrogens (primary N) is 1. The van der Waals surface area contributed by atoms with Crippen molar-refractivity contribution in [2.45, 2.75) is 0 Å². The van der Waals surface area contributed by atoms with Crippen LogP contribution in [0.25, 0.3) is 0 Å². The Morgan fingerprint density at radius 3 is 2.67 bits per heavy atom. The summed E-state index contributed by atoms with van der Waals surface area (Å²) in [5.41, 5.74) is 6.16. The van der Waals surface area contributed by atoms with Crippen LogP contribution in [0.4, 0.5) is 10.8 Å². The largest absolute Gasteiger partial charge is 0.382 e. The van der Waals surface area contributed by atoms with Crippen LogP contribution in [0.15, 0.2) is 0 Å². The molecule has 0 saturated carbocycles. The zero-order valence-corrected chi connectivity index (χ0v) is 9.42. The van der Waals surface area contributed by atoms with Crippen molar-refractivity contribution < 1.29 is 0 Å². The zero-order valence-electron chi connectivity index (χ0n) is 8.60. The lowest BCUT2D eigenvalue weighted by Crippen LogP contribution is -2.44. The van der Waals surface area contributed by atoms with Crippen LogP contribution in [-0.2, 0) is 0 Å². The third kappa shape index (κ3) is 1.89. The lowest BCUT2D eigenvalue weighted by molar-refractivity contribution is 0.313. The van der Waals surface area contributed by atoms with Crippen LogP contribution in [0.2, 0.25) is 0 Å². The Hall–Kier alpha value is -1.32. The maximum Gasteiger partial charge on any atom is 0.157 e. The van der Waals surface area contributed by atoms with Crippen molar-refractivity contribution in [3.05, 3.63) is 5.56 Å². The maximum atomic E-state index is 8.97. The fourth-order valence-corrected chi connectivity index (χ4v) is 2.44. The number of rotatable bonds is 1. The van der Waals surface area contributed by atoms with Crippen LogP contribution in [0, 0.1) is 11.3 Å². The van der Waals surface area contributed by atoms with Crippen molar-refractivity contribution in [1.29, 1.82) is 5.26 Å². The highest BCUT2D eigenvalue weighted by molar-refractivity contribution is 7.10. The highest BCUT2D eigenvalue weighted by Gasteiger charge is 2.20.